The van der Waals surface area contributed by atoms with Gasteiger partial charge in [-0.3, -0.25) is 0 Å². The molecule has 0 saturated heterocycles. The maximum Gasteiger partial charge on any atom is 0.113 e. The van der Waals surface area contributed by atoms with E-state index in [0.29, 0.717) is 5.92 Å². The average Bonchev–Trinajstić information content (AvgIpc) is 3.23. The Morgan fingerprint density at radius 1 is 1.30 bits per heavy atom. The molecule has 1 fully saturated rings. The van der Waals surface area contributed by atoms with Gasteiger partial charge in [0.1, 0.15) is 5.82 Å². The van der Waals surface area contributed by atoms with Crippen LogP contribution in [-0.4, -0.2) is 34.1 Å². The van der Waals surface area contributed by atoms with Crippen molar-refractivity contribution in [3.8, 4) is 0 Å². The molecule has 0 bridgehead atoms. The van der Waals surface area contributed by atoms with Gasteiger partial charge in [-0.2, -0.15) is 0 Å². The van der Waals surface area contributed by atoms with E-state index < -0.39 is 0 Å². The van der Waals surface area contributed by atoms with E-state index >= 15 is 0 Å². The molecule has 1 saturated carbocycles. The molecule has 1 aliphatic rings. The highest BCUT2D eigenvalue weighted by molar-refractivity contribution is 6.35. The van der Waals surface area contributed by atoms with Gasteiger partial charge in [-0.1, -0.05) is 31.5 Å². The molecule has 4 heteroatoms. The van der Waals surface area contributed by atoms with Crippen molar-refractivity contribution in [1.82, 2.24) is 14.5 Å². The Kier molecular flexibility index (Phi) is 3.99. The van der Waals surface area contributed by atoms with Gasteiger partial charge >= 0.3 is 0 Å². The average molecular weight is 292 g/mol. The van der Waals surface area contributed by atoms with E-state index in [-0.39, 0.29) is 0 Å². The van der Waals surface area contributed by atoms with Crippen LogP contribution in [0.25, 0.3) is 11.0 Å². The normalized spacial score (nSPS) is 15.4. The predicted molar refractivity (Wildman–Crippen MR) is 84.5 cm³/mol. The van der Waals surface area contributed by atoms with Crippen LogP contribution in [0.4, 0.5) is 0 Å². The molecular weight excluding hydrogens is 270 g/mol. The van der Waals surface area contributed by atoms with Crippen molar-refractivity contribution in [2.75, 3.05) is 19.6 Å². The highest BCUT2D eigenvalue weighted by atomic mass is 35.5. The van der Waals surface area contributed by atoms with E-state index in [4.69, 9.17) is 16.6 Å². The molecule has 1 aromatic heterocycles. The first-order chi connectivity index (χ1) is 9.74. The Morgan fingerprint density at radius 2 is 2.05 bits per heavy atom. The summed E-state index contributed by atoms with van der Waals surface area (Å²) < 4.78 is 2.35. The number of hydrogen-bond donors (Lipinski definition) is 0. The minimum Gasteiger partial charge on any atom is -0.325 e. The minimum atomic E-state index is 0.648. The smallest absolute Gasteiger partial charge is 0.113 e. The van der Waals surface area contributed by atoms with Crippen LogP contribution in [0.5, 0.6) is 0 Å². The van der Waals surface area contributed by atoms with Crippen LogP contribution in [0.2, 0.25) is 5.02 Å². The lowest BCUT2D eigenvalue weighted by atomic mass is 10.3. The first kappa shape index (κ1) is 13.9. The second-order valence-corrected chi connectivity index (χ2v) is 5.94. The van der Waals surface area contributed by atoms with Crippen molar-refractivity contribution in [3.63, 3.8) is 0 Å². The van der Waals surface area contributed by atoms with Crippen LogP contribution >= 0.6 is 11.6 Å². The number of benzene rings is 1. The van der Waals surface area contributed by atoms with Crippen molar-refractivity contribution < 1.29 is 0 Å². The summed E-state index contributed by atoms with van der Waals surface area (Å²) in [4.78, 5) is 7.27. The van der Waals surface area contributed by atoms with Gasteiger partial charge in [0, 0.05) is 19.0 Å². The first-order valence-electron chi connectivity index (χ1n) is 7.61. The standard InChI is InChI=1S/C16H22ClN3/c1-3-19(4-2)10-11-20-15-13(17)6-5-7-14(15)18-16(20)12-8-9-12/h5-7,12H,3-4,8-11H2,1-2H3. The van der Waals surface area contributed by atoms with E-state index in [1.54, 1.807) is 0 Å². The van der Waals surface area contributed by atoms with Gasteiger partial charge in [0.2, 0.25) is 0 Å². The molecule has 0 spiro atoms. The van der Waals surface area contributed by atoms with Crippen molar-refractivity contribution in [2.24, 2.45) is 0 Å². The fourth-order valence-electron chi connectivity index (χ4n) is 2.82. The number of nitrogens with zero attached hydrogens (tertiary/aromatic N) is 3. The second-order valence-electron chi connectivity index (χ2n) is 5.53. The molecule has 0 radical (unpaired) electrons. The molecule has 0 N–H and O–H groups in total. The molecule has 0 unspecified atom stereocenters. The van der Waals surface area contributed by atoms with Crippen LogP contribution in [0.15, 0.2) is 18.2 Å². The number of halogens is 1. The quantitative estimate of drug-likeness (QED) is 0.804. The van der Waals surface area contributed by atoms with E-state index in [1.165, 1.54) is 18.7 Å². The lowest BCUT2D eigenvalue weighted by molar-refractivity contribution is 0.290. The van der Waals surface area contributed by atoms with Crippen molar-refractivity contribution in [3.05, 3.63) is 29.0 Å². The fourth-order valence-corrected chi connectivity index (χ4v) is 3.09. The molecule has 0 amide bonds. The molecule has 1 aliphatic carbocycles. The number of fused-ring (bicyclic) bond motifs is 1. The Balaban J connectivity index is 1.96. The number of likely N-dealkylation sites (N-methyl/N-ethyl adjacent to an activating group) is 1. The summed E-state index contributed by atoms with van der Waals surface area (Å²) in [5.74, 6) is 1.88. The predicted octanol–water partition coefficient (Wildman–Crippen LogP) is 3.91. The third kappa shape index (κ3) is 2.57. The molecule has 3 rings (SSSR count). The van der Waals surface area contributed by atoms with Gasteiger partial charge in [-0.05, 0) is 38.1 Å². The maximum absolute atomic E-state index is 6.41. The second kappa shape index (κ2) is 5.74. The van der Waals surface area contributed by atoms with Gasteiger partial charge in [-0.15, -0.1) is 0 Å². The SMILES string of the molecule is CCN(CC)CCn1c(C2CC2)nc2cccc(Cl)c21. The van der Waals surface area contributed by atoms with Gasteiger partial charge in [-0.25, -0.2) is 4.98 Å². The van der Waals surface area contributed by atoms with Crippen LogP contribution in [0.1, 0.15) is 38.4 Å². The highest BCUT2D eigenvalue weighted by Crippen LogP contribution is 2.41. The van der Waals surface area contributed by atoms with Gasteiger partial charge in [0.15, 0.2) is 0 Å². The highest BCUT2D eigenvalue weighted by Gasteiger charge is 2.30. The Bertz CT molecular complexity index is 597. The molecule has 20 heavy (non-hydrogen) atoms. The number of rotatable bonds is 6. The first-order valence-corrected chi connectivity index (χ1v) is 7.99. The molecular formula is C16H22ClN3. The van der Waals surface area contributed by atoms with Crippen molar-refractivity contribution >= 4 is 22.6 Å². The van der Waals surface area contributed by atoms with Gasteiger partial charge in [0.05, 0.1) is 16.1 Å². The van der Waals surface area contributed by atoms with E-state index in [0.717, 1.165) is 42.2 Å². The third-order valence-electron chi connectivity index (χ3n) is 4.22. The Hall–Kier alpha value is -1.06. The van der Waals surface area contributed by atoms with Crippen LogP contribution < -0.4 is 0 Å². The summed E-state index contributed by atoms with van der Waals surface area (Å²) in [6.45, 7) is 8.65. The number of hydrogen-bond acceptors (Lipinski definition) is 2. The Labute approximate surface area is 125 Å². The Morgan fingerprint density at radius 3 is 2.70 bits per heavy atom. The molecule has 2 aromatic rings. The van der Waals surface area contributed by atoms with Crippen molar-refractivity contribution in [1.29, 1.82) is 0 Å². The molecule has 1 aromatic carbocycles. The van der Waals surface area contributed by atoms with E-state index in [1.807, 2.05) is 12.1 Å². The van der Waals surface area contributed by atoms with E-state index in [9.17, 15) is 0 Å². The zero-order valence-corrected chi connectivity index (χ0v) is 13.0. The molecule has 108 valence electrons. The minimum absolute atomic E-state index is 0.648. The molecule has 0 atom stereocenters. The third-order valence-corrected chi connectivity index (χ3v) is 4.53. The van der Waals surface area contributed by atoms with Crippen LogP contribution in [0.3, 0.4) is 0 Å². The van der Waals surface area contributed by atoms with Crippen LogP contribution in [-0.2, 0) is 6.54 Å². The monoisotopic (exact) mass is 291 g/mol. The molecule has 1 heterocycles. The maximum atomic E-state index is 6.41. The largest absolute Gasteiger partial charge is 0.325 e. The number of imidazole rings is 1. The summed E-state index contributed by atoms with van der Waals surface area (Å²) in [5, 5.41) is 0.821. The molecule has 0 aliphatic heterocycles. The van der Waals surface area contributed by atoms with E-state index in [2.05, 4.69) is 29.4 Å². The van der Waals surface area contributed by atoms with Crippen LogP contribution in [0, 0.1) is 0 Å². The van der Waals surface area contributed by atoms with Crippen molar-refractivity contribution in [2.45, 2.75) is 39.2 Å². The number of aromatic nitrogens is 2. The topological polar surface area (TPSA) is 21.1 Å². The zero-order valence-electron chi connectivity index (χ0n) is 12.3. The van der Waals surface area contributed by atoms with Gasteiger partial charge in [0.25, 0.3) is 0 Å². The van der Waals surface area contributed by atoms with Gasteiger partial charge < -0.3 is 9.47 Å². The molecule has 3 nitrogen and oxygen atoms in total. The summed E-state index contributed by atoms with van der Waals surface area (Å²) in [7, 11) is 0. The lowest BCUT2D eigenvalue weighted by Crippen LogP contribution is -2.27. The lowest BCUT2D eigenvalue weighted by Gasteiger charge is -2.19. The summed E-state index contributed by atoms with van der Waals surface area (Å²) in [6.07, 6.45) is 2.54. The summed E-state index contributed by atoms with van der Waals surface area (Å²) >= 11 is 6.41. The summed E-state index contributed by atoms with van der Waals surface area (Å²) in [6, 6.07) is 6.03. The summed E-state index contributed by atoms with van der Waals surface area (Å²) in [5.41, 5.74) is 2.15. The fraction of sp³-hybridized carbons (Fsp3) is 0.562. The zero-order chi connectivity index (χ0) is 14.1. The number of para-hydroxylation sites is 1.